The standard InChI is InChI=1S/C29H27N7O.C29H26N6O.C26H23N7O.C26H22N6O/c1-32-28(37)19-6-2-5-18(17-19)23-12-13-24-27(34-23)36(26(35-24)22-7-3-16-33-25(22)30)21-10-8-20(9-11-21)29(31)14-4-15-29;1-18(36)19-5-2-6-20(17-19)24-12-13-25-28(33-24)35(27(34-25)23-7-3-16-32-26(23)30)22-10-8-21(9-11-22)29(31)14-4-15-29;1-29-26(34)18-5-2-4-17(14-18)21-11-12-22-25(31-21)33(19-9-7-16(15-27)8-10-19)24(32-22)20-6-3-13-30-23(20)28;27-23-20(7-4-14-29-23)24-31-22-13-12-21(17-5-2-1-3-6-17)30-25(22)32(24)19-10-8-18(9-11-19)26(28)15-33-16-26/h2-3,5-13,16-17H,4,14-15,31H2,1H3,(H2,30,33)(H,32,37);2-3,5-13,16-17H,4,14-15,31H2,1H3,(H2,30,32);2-14H,15,27H2,1H3,(H2,28,30)(H,29,34);1-14H,15-16,28H2,(H2,27,29). The zero-order chi connectivity index (χ0) is 96.5. The topological polar surface area (TPSA) is 467 Å². The van der Waals surface area contributed by atoms with Crippen molar-refractivity contribution >= 4 is 85.5 Å². The summed E-state index contributed by atoms with van der Waals surface area (Å²) < 4.78 is 13.3. The lowest BCUT2D eigenvalue weighted by Gasteiger charge is -2.38. The average Bonchev–Trinajstić information content (AvgIpc) is 1.60. The van der Waals surface area contributed by atoms with Gasteiger partial charge in [0.15, 0.2) is 51.7 Å². The van der Waals surface area contributed by atoms with Crippen LogP contribution >= 0.6 is 0 Å². The minimum atomic E-state index is -0.426. The number of nitrogens with one attached hydrogen (secondary N) is 2. The van der Waals surface area contributed by atoms with Gasteiger partial charge in [0.25, 0.3) is 11.8 Å². The van der Waals surface area contributed by atoms with E-state index in [-0.39, 0.29) is 28.7 Å². The number of imidazole rings is 4. The van der Waals surface area contributed by atoms with Gasteiger partial charge in [-0.05, 0) is 244 Å². The number of carbonyl (C=O) groups excluding carboxylic acids is 3. The van der Waals surface area contributed by atoms with Gasteiger partial charge in [0.1, 0.15) is 45.3 Å². The number of amides is 2. The number of Topliss-reactive ketones (excluding diaryl/α,β-unsaturated/α-hetero) is 1. The van der Waals surface area contributed by atoms with E-state index in [0.717, 1.165) is 167 Å². The number of nitrogens with zero attached hydrogens (tertiary/aromatic N) is 16. The van der Waals surface area contributed by atoms with Crippen LogP contribution in [0.3, 0.4) is 0 Å². The fourth-order valence-electron chi connectivity index (χ4n) is 17.8. The van der Waals surface area contributed by atoms with Crippen molar-refractivity contribution in [2.45, 2.75) is 68.6 Å². The Balaban J connectivity index is 0.000000115. The summed E-state index contributed by atoms with van der Waals surface area (Å²) in [5.41, 5.74) is 74.5. The monoisotopic (exact) mass is 1850 g/mol. The number of ether oxygens (including phenoxy) is 1. The molecule has 0 spiro atoms. The van der Waals surface area contributed by atoms with E-state index in [2.05, 4.69) is 79.1 Å². The van der Waals surface area contributed by atoms with Crippen molar-refractivity contribution in [3.05, 3.63) is 361 Å². The molecule has 0 atom stereocenters. The van der Waals surface area contributed by atoms with E-state index >= 15 is 0 Å². The summed E-state index contributed by atoms with van der Waals surface area (Å²) in [6, 6.07) is 95.6. The first kappa shape index (κ1) is 90.3. The Labute approximate surface area is 804 Å². The molecule has 2 saturated carbocycles. The lowest BCUT2D eigenvalue weighted by atomic mass is 9.73. The molecule has 12 aromatic heterocycles. The lowest BCUT2D eigenvalue weighted by molar-refractivity contribution is -0.0569. The van der Waals surface area contributed by atoms with E-state index < -0.39 is 5.54 Å². The van der Waals surface area contributed by atoms with E-state index in [1.807, 2.05) is 255 Å². The number of carbonyl (C=O) groups is 3. The predicted octanol–water partition coefficient (Wildman–Crippen LogP) is 17.2. The van der Waals surface area contributed by atoms with E-state index in [1.54, 1.807) is 57.9 Å². The number of benzene rings is 8. The highest BCUT2D eigenvalue weighted by Gasteiger charge is 2.38. The Morgan fingerprint density at radius 3 is 0.900 bits per heavy atom. The molecule has 1 aliphatic heterocycles. The maximum Gasteiger partial charge on any atom is 0.251 e. The fraction of sp³-hybridized carbons (Fsp3) is 0.136. The molecule has 23 rings (SSSR count). The Hall–Kier alpha value is -17.6. The van der Waals surface area contributed by atoms with Crippen molar-refractivity contribution < 1.29 is 19.1 Å². The van der Waals surface area contributed by atoms with Crippen molar-refractivity contribution in [2.75, 3.05) is 50.2 Å². The van der Waals surface area contributed by atoms with Crippen LogP contribution < -0.4 is 56.5 Å². The van der Waals surface area contributed by atoms with E-state index in [0.29, 0.717) is 111 Å². The first-order valence-electron chi connectivity index (χ1n) is 45.9. The molecule has 1 saturated heterocycles. The molecule has 0 radical (unpaired) electrons. The minimum absolute atomic E-state index is 0.0153. The molecule has 140 heavy (non-hydrogen) atoms. The Morgan fingerprint density at radius 2 is 0.621 bits per heavy atom. The van der Waals surface area contributed by atoms with Crippen LogP contribution in [0.25, 0.3) is 158 Å². The molecule has 30 nitrogen and oxygen atoms in total. The second kappa shape index (κ2) is 38.0. The van der Waals surface area contributed by atoms with Gasteiger partial charge in [-0.1, -0.05) is 121 Å². The van der Waals surface area contributed by atoms with Gasteiger partial charge in [-0.15, -0.1) is 0 Å². The van der Waals surface area contributed by atoms with Crippen LogP contribution in [0, 0.1) is 0 Å². The van der Waals surface area contributed by atoms with Crippen molar-refractivity contribution in [1.82, 2.24) is 88.7 Å². The van der Waals surface area contributed by atoms with Crippen molar-refractivity contribution in [3.63, 3.8) is 0 Å². The Kier molecular flexibility index (Phi) is 24.5. The van der Waals surface area contributed by atoms with Crippen molar-refractivity contribution in [1.29, 1.82) is 0 Å². The largest absolute Gasteiger partial charge is 0.383 e. The van der Waals surface area contributed by atoms with Gasteiger partial charge in [0.2, 0.25) is 0 Å². The highest BCUT2D eigenvalue weighted by Crippen LogP contribution is 2.44. The second-order valence-corrected chi connectivity index (χ2v) is 35.0. The maximum atomic E-state index is 12.2. The van der Waals surface area contributed by atoms with Gasteiger partial charge >= 0.3 is 0 Å². The third kappa shape index (κ3) is 17.6. The van der Waals surface area contributed by atoms with Gasteiger partial charge in [0.05, 0.1) is 63.8 Å². The number of nitrogens with two attached hydrogens (primary N) is 8. The van der Waals surface area contributed by atoms with Crippen LogP contribution in [0.5, 0.6) is 0 Å². The van der Waals surface area contributed by atoms with Crippen molar-refractivity contribution in [2.24, 2.45) is 22.9 Å². The van der Waals surface area contributed by atoms with Gasteiger partial charge < -0.3 is 61.2 Å². The highest BCUT2D eigenvalue weighted by molar-refractivity contribution is 5.98. The number of nitrogen functional groups attached to an aromatic ring is 4. The van der Waals surface area contributed by atoms with Crippen LogP contribution in [-0.2, 0) is 27.9 Å². The zero-order valence-electron chi connectivity index (χ0n) is 76.9. The SMILES string of the molecule is CC(=O)c1cccc(-c2ccc3nc(-c4cccnc4N)n(-c4ccc(C5(N)CCC5)cc4)c3n2)c1.CNC(=O)c1cccc(-c2ccc3nc(-c4cccnc4N)n(-c4ccc(C5(N)CCC5)cc4)c3n2)c1.CNC(=O)c1cccc(-c2ccc3nc(-c4cccnc4N)n(-c4ccc(CN)cc4)c3n2)c1.Nc1ncccc1-c1nc2ccc(-c3ccccc3)nc2n1-c1ccc(C2(N)COC2)cc1. The quantitative estimate of drug-likeness (QED) is 0.0336. The second-order valence-electron chi connectivity index (χ2n) is 35.0. The molecule has 692 valence electrons. The van der Waals surface area contributed by atoms with Crippen LogP contribution in [0.2, 0.25) is 0 Å². The Morgan fingerprint density at radius 1 is 0.329 bits per heavy atom. The summed E-state index contributed by atoms with van der Waals surface area (Å²) in [5, 5.41) is 5.33. The molecular weight excluding hydrogens is 1750 g/mol. The van der Waals surface area contributed by atoms with Gasteiger partial charge in [-0.3, -0.25) is 32.7 Å². The number of rotatable bonds is 19. The molecule has 2 aliphatic carbocycles. The third-order valence-corrected chi connectivity index (χ3v) is 26.0. The van der Waals surface area contributed by atoms with Crippen LogP contribution in [0.1, 0.15) is 98.8 Å². The fourth-order valence-corrected chi connectivity index (χ4v) is 17.8. The number of pyridine rings is 8. The first-order chi connectivity index (χ1) is 68.1. The summed E-state index contributed by atoms with van der Waals surface area (Å²) in [7, 11) is 3.23. The smallest absolute Gasteiger partial charge is 0.251 e. The average molecular weight is 1850 g/mol. The number of aromatic nitrogens is 16. The molecule has 3 aliphatic rings. The van der Waals surface area contributed by atoms with E-state index in [9.17, 15) is 14.4 Å². The summed E-state index contributed by atoms with van der Waals surface area (Å²) >= 11 is 0. The lowest BCUT2D eigenvalue weighted by Crippen LogP contribution is -2.54. The number of anilines is 4. The molecule has 0 bridgehead atoms. The third-order valence-electron chi connectivity index (χ3n) is 26.0. The summed E-state index contributed by atoms with van der Waals surface area (Å²) in [4.78, 5) is 92.8. The molecule has 30 heteroatoms. The highest BCUT2D eigenvalue weighted by atomic mass is 16.5. The van der Waals surface area contributed by atoms with Gasteiger partial charge in [0, 0.05) is 118 Å². The molecule has 20 aromatic rings. The minimum Gasteiger partial charge on any atom is -0.383 e. The zero-order valence-corrected chi connectivity index (χ0v) is 76.9. The first-order valence-corrected chi connectivity index (χ1v) is 45.9. The van der Waals surface area contributed by atoms with Crippen LogP contribution in [-0.4, -0.2) is 123 Å². The van der Waals surface area contributed by atoms with E-state index in [4.69, 9.17) is 90.5 Å². The molecule has 2 amide bonds. The molecule has 13 heterocycles. The van der Waals surface area contributed by atoms with Crippen molar-refractivity contribution in [3.8, 4) is 113 Å². The predicted molar refractivity (Wildman–Crippen MR) is 549 cm³/mol. The van der Waals surface area contributed by atoms with Gasteiger partial charge in [-0.25, -0.2) is 59.8 Å². The normalized spacial score (nSPS) is 13.7. The summed E-state index contributed by atoms with van der Waals surface area (Å²) in [6.07, 6.45) is 13.0. The summed E-state index contributed by atoms with van der Waals surface area (Å²) in [5.74, 6) is 3.97. The molecule has 18 N–H and O–H groups in total. The van der Waals surface area contributed by atoms with Crippen LogP contribution in [0.4, 0.5) is 23.3 Å². The molecule has 8 aromatic carbocycles. The summed E-state index contributed by atoms with van der Waals surface area (Å²) in [6.45, 7) is 3.07. The maximum absolute atomic E-state index is 12.2. The van der Waals surface area contributed by atoms with Crippen LogP contribution in [0.15, 0.2) is 322 Å². The van der Waals surface area contributed by atoms with E-state index in [1.165, 1.54) is 0 Å². The van der Waals surface area contributed by atoms with Gasteiger partial charge in [-0.2, -0.15) is 0 Å². The molecular formula is C110H98N26O4. The number of hydrogen-bond acceptors (Lipinski definition) is 24. The number of fused-ring (bicyclic) bond motifs is 4. The Bertz CT molecular complexity index is 8110. The number of ketones is 1. The molecule has 3 fully saturated rings. The number of hydrogen-bond donors (Lipinski definition) is 10. The molecule has 0 unspecified atom stereocenters.